The van der Waals surface area contributed by atoms with Gasteiger partial charge in [-0.3, -0.25) is 0 Å². The molecule has 98 valence electrons. The first-order chi connectivity index (χ1) is 8.61. The molecule has 0 aliphatic carbocycles. The topological polar surface area (TPSA) is 49.8 Å². The third kappa shape index (κ3) is 2.61. The van der Waals surface area contributed by atoms with E-state index in [1.54, 1.807) is 24.0 Å². The number of ether oxygens (including phenoxy) is 1. The second-order valence-corrected chi connectivity index (χ2v) is 4.28. The molecule has 5 heteroatoms. The van der Waals surface area contributed by atoms with Crippen LogP contribution in [-0.4, -0.2) is 36.9 Å². The molecular weight excluding hydrogens is 237 g/mol. The molecule has 1 heterocycles. The lowest BCUT2D eigenvalue weighted by atomic mass is 10.2. The van der Waals surface area contributed by atoms with Crippen molar-refractivity contribution in [3.8, 4) is 0 Å². The molecule has 1 N–H and O–H groups in total. The van der Waals surface area contributed by atoms with E-state index in [0.717, 1.165) is 0 Å². The van der Waals surface area contributed by atoms with Crippen LogP contribution in [0.25, 0.3) is 0 Å². The number of aliphatic hydroxyl groups excluding tert-OH is 1. The van der Waals surface area contributed by atoms with Gasteiger partial charge in [-0.05, 0) is 31.5 Å². The summed E-state index contributed by atoms with van der Waals surface area (Å²) in [5.74, 6) is -0.987. The SMILES string of the molecule is CCOC(=O)c1ccc(N2CC[C@@H](O)C2)c(F)c1. The molecule has 1 atom stereocenters. The van der Waals surface area contributed by atoms with Crippen LogP contribution in [0.2, 0.25) is 0 Å². The van der Waals surface area contributed by atoms with Crippen LogP contribution in [0, 0.1) is 5.82 Å². The van der Waals surface area contributed by atoms with Crippen molar-refractivity contribution >= 4 is 11.7 Å². The van der Waals surface area contributed by atoms with Crippen LogP contribution in [0.4, 0.5) is 10.1 Å². The molecule has 2 rings (SSSR count). The highest BCUT2D eigenvalue weighted by atomic mass is 19.1. The molecule has 4 nitrogen and oxygen atoms in total. The molecule has 1 fully saturated rings. The largest absolute Gasteiger partial charge is 0.462 e. The lowest BCUT2D eigenvalue weighted by molar-refractivity contribution is 0.0526. The molecule has 18 heavy (non-hydrogen) atoms. The van der Waals surface area contributed by atoms with Crippen molar-refractivity contribution in [3.63, 3.8) is 0 Å². The number of hydrogen-bond donors (Lipinski definition) is 1. The first kappa shape index (κ1) is 12.8. The molecule has 0 unspecified atom stereocenters. The van der Waals surface area contributed by atoms with E-state index in [1.807, 2.05) is 0 Å². The van der Waals surface area contributed by atoms with Crippen molar-refractivity contribution < 1.29 is 19.0 Å². The van der Waals surface area contributed by atoms with Crippen LogP contribution >= 0.6 is 0 Å². The monoisotopic (exact) mass is 253 g/mol. The van der Waals surface area contributed by atoms with E-state index in [1.165, 1.54) is 6.07 Å². The first-order valence-corrected chi connectivity index (χ1v) is 6.01. The number of hydrogen-bond acceptors (Lipinski definition) is 4. The Hall–Kier alpha value is -1.62. The molecule has 0 spiro atoms. The second kappa shape index (κ2) is 5.35. The van der Waals surface area contributed by atoms with E-state index >= 15 is 0 Å². The third-order valence-corrected chi connectivity index (χ3v) is 2.96. The Balaban J connectivity index is 2.17. The number of anilines is 1. The summed E-state index contributed by atoms with van der Waals surface area (Å²) in [4.78, 5) is 13.2. The van der Waals surface area contributed by atoms with Crippen LogP contribution in [0.3, 0.4) is 0 Å². The van der Waals surface area contributed by atoms with E-state index in [2.05, 4.69) is 0 Å². The van der Waals surface area contributed by atoms with Crippen molar-refractivity contribution in [2.75, 3.05) is 24.6 Å². The minimum absolute atomic E-state index is 0.206. The van der Waals surface area contributed by atoms with Gasteiger partial charge >= 0.3 is 5.97 Å². The maximum Gasteiger partial charge on any atom is 0.338 e. The quantitative estimate of drug-likeness (QED) is 0.831. The summed E-state index contributed by atoms with van der Waals surface area (Å²) < 4.78 is 18.7. The van der Waals surface area contributed by atoms with E-state index in [9.17, 15) is 14.3 Å². The van der Waals surface area contributed by atoms with Crippen molar-refractivity contribution in [2.45, 2.75) is 19.4 Å². The van der Waals surface area contributed by atoms with Gasteiger partial charge in [0.1, 0.15) is 5.82 Å². The molecule has 1 aromatic rings. The fraction of sp³-hybridized carbons (Fsp3) is 0.462. The summed E-state index contributed by atoms with van der Waals surface area (Å²) in [7, 11) is 0. The minimum Gasteiger partial charge on any atom is -0.462 e. The summed E-state index contributed by atoms with van der Waals surface area (Å²) in [6.45, 7) is 3.02. The van der Waals surface area contributed by atoms with Gasteiger partial charge in [0.2, 0.25) is 0 Å². The summed E-state index contributed by atoms with van der Waals surface area (Å²) in [5.41, 5.74) is 0.623. The van der Waals surface area contributed by atoms with Gasteiger partial charge in [-0.1, -0.05) is 0 Å². The number of esters is 1. The van der Waals surface area contributed by atoms with E-state index in [4.69, 9.17) is 4.74 Å². The summed E-state index contributed by atoms with van der Waals surface area (Å²) in [6, 6.07) is 4.28. The standard InChI is InChI=1S/C13H16FNO3/c1-2-18-13(17)9-3-4-12(11(14)7-9)15-6-5-10(16)8-15/h3-4,7,10,16H,2,5-6,8H2,1H3/t10-/m1/s1. The highest BCUT2D eigenvalue weighted by Gasteiger charge is 2.23. The average molecular weight is 253 g/mol. The lowest BCUT2D eigenvalue weighted by Crippen LogP contribution is -2.22. The van der Waals surface area contributed by atoms with E-state index in [-0.39, 0.29) is 12.2 Å². The van der Waals surface area contributed by atoms with Crippen LogP contribution in [-0.2, 0) is 4.74 Å². The summed E-state index contributed by atoms with van der Waals surface area (Å²) in [6.07, 6.45) is 0.230. The number of carbonyl (C=O) groups excluding carboxylic acids is 1. The molecule has 0 bridgehead atoms. The Morgan fingerprint density at radius 3 is 2.94 bits per heavy atom. The maximum atomic E-state index is 13.9. The predicted molar refractivity (Wildman–Crippen MR) is 65.2 cm³/mol. The zero-order chi connectivity index (χ0) is 13.1. The number of aliphatic hydroxyl groups is 1. The van der Waals surface area contributed by atoms with Gasteiger partial charge in [0.05, 0.1) is 24.0 Å². The second-order valence-electron chi connectivity index (χ2n) is 4.28. The fourth-order valence-corrected chi connectivity index (χ4v) is 2.07. The third-order valence-electron chi connectivity index (χ3n) is 2.96. The first-order valence-electron chi connectivity index (χ1n) is 6.01. The van der Waals surface area contributed by atoms with Gasteiger partial charge in [0.25, 0.3) is 0 Å². The van der Waals surface area contributed by atoms with Crippen LogP contribution in [0.15, 0.2) is 18.2 Å². The number of benzene rings is 1. The van der Waals surface area contributed by atoms with Crippen molar-refractivity contribution in [1.29, 1.82) is 0 Å². The van der Waals surface area contributed by atoms with Crippen LogP contribution < -0.4 is 4.90 Å². The average Bonchev–Trinajstić information content (AvgIpc) is 2.76. The Kier molecular flexibility index (Phi) is 3.81. The maximum absolute atomic E-state index is 13.9. The number of β-amino-alcohol motifs (C(OH)–C–C–N with tert-alkyl or cyclic N) is 1. The number of nitrogens with zero attached hydrogens (tertiary/aromatic N) is 1. The smallest absolute Gasteiger partial charge is 0.338 e. The Morgan fingerprint density at radius 1 is 1.61 bits per heavy atom. The molecule has 1 aliphatic heterocycles. The van der Waals surface area contributed by atoms with Crippen molar-refractivity contribution in [2.24, 2.45) is 0 Å². The van der Waals surface area contributed by atoms with Gasteiger partial charge in [-0.15, -0.1) is 0 Å². The zero-order valence-electron chi connectivity index (χ0n) is 10.2. The lowest BCUT2D eigenvalue weighted by Gasteiger charge is -2.18. The molecule has 0 saturated carbocycles. The molecule has 0 aromatic heterocycles. The summed E-state index contributed by atoms with van der Waals surface area (Å²) in [5, 5.41) is 9.43. The normalized spacial score (nSPS) is 19.1. The van der Waals surface area contributed by atoms with Crippen LogP contribution in [0.5, 0.6) is 0 Å². The molecule has 0 radical (unpaired) electrons. The Bertz CT molecular complexity index is 450. The zero-order valence-corrected chi connectivity index (χ0v) is 10.2. The van der Waals surface area contributed by atoms with Gasteiger partial charge < -0.3 is 14.7 Å². The van der Waals surface area contributed by atoms with Gasteiger partial charge in [-0.2, -0.15) is 0 Å². The van der Waals surface area contributed by atoms with Crippen LogP contribution in [0.1, 0.15) is 23.7 Å². The van der Waals surface area contributed by atoms with Gasteiger partial charge in [0.15, 0.2) is 0 Å². The molecule has 0 amide bonds. The molecule has 1 saturated heterocycles. The van der Waals surface area contributed by atoms with Crippen molar-refractivity contribution in [1.82, 2.24) is 0 Å². The predicted octanol–water partition coefficient (Wildman–Crippen LogP) is 1.57. The van der Waals surface area contributed by atoms with Gasteiger partial charge in [0, 0.05) is 13.1 Å². The molecular formula is C13H16FNO3. The fourth-order valence-electron chi connectivity index (χ4n) is 2.07. The molecule has 1 aliphatic rings. The number of halogens is 1. The summed E-state index contributed by atoms with van der Waals surface area (Å²) >= 11 is 0. The number of rotatable bonds is 3. The highest BCUT2D eigenvalue weighted by molar-refractivity contribution is 5.89. The van der Waals surface area contributed by atoms with Gasteiger partial charge in [-0.25, -0.2) is 9.18 Å². The van der Waals surface area contributed by atoms with E-state index < -0.39 is 17.9 Å². The Labute approximate surface area is 105 Å². The number of carbonyl (C=O) groups is 1. The van der Waals surface area contributed by atoms with Crippen molar-refractivity contribution in [3.05, 3.63) is 29.6 Å². The van der Waals surface area contributed by atoms with E-state index in [0.29, 0.717) is 25.2 Å². The molecule has 1 aromatic carbocycles. The highest BCUT2D eigenvalue weighted by Crippen LogP contribution is 2.24. The Morgan fingerprint density at radius 2 is 2.39 bits per heavy atom. The minimum atomic E-state index is -0.524.